The average molecular weight is 110 g/mol. The summed E-state index contributed by atoms with van der Waals surface area (Å²) in [5, 5.41) is 0. The molecular weight excluding hydrogens is 100 g/mol. The first-order valence-corrected chi connectivity index (χ1v) is 3.19. The van der Waals surface area contributed by atoms with Crippen molar-refractivity contribution in [2.75, 3.05) is 0 Å². The quantitative estimate of drug-likeness (QED) is 0.429. The third-order valence-electron chi connectivity index (χ3n) is 2.05. The predicted octanol–water partition coefficient (Wildman–Crippen LogP) is 1.49. The summed E-state index contributed by atoms with van der Waals surface area (Å²) in [4.78, 5) is 0. The molecule has 0 aromatic carbocycles. The van der Waals surface area contributed by atoms with Crippen molar-refractivity contribution in [3.63, 3.8) is 0 Å². The minimum absolute atomic E-state index is 0.444. The van der Waals surface area contributed by atoms with Crippen LogP contribution in [0.4, 0.5) is 0 Å². The van der Waals surface area contributed by atoms with Gasteiger partial charge >= 0.3 is 0 Å². The number of ether oxygens (including phenoxy) is 1. The van der Waals surface area contributed by atoms with Crippen molar-refractivity contribution in [2.24, 2.45) is 0 Å². The molecule has 2 bridgehead atoms. The molecule has 2 heterocycles. The summed E-state index contributed by atoms with van der Waals surface area (Å²) in [6.45, 7) is 3.91. The Morgan fingerprint density at radius 2 is 2.38 bits per heavy atom. The van der Waals surface area contributed by atoms with E-state index in [4.69, 9.17) is 4.74 Å². The van der Waals surface area contributed by atoms with E-state index in [1.165, 1.54) is 18.4 Å². The third kappa shape index (κ3) is 0.451. The lowest BCUT2D eigenvalue weighted by Crippen LogP contribution is -2.02. The Morgan fingerprint density at radius 1 is 1.50 bits per heavy atom. The topological polar surface area (TPSA) is 9.23 Å². The van der Waals surface area contributed by atoms with Crippen molar-refractivity contribution in [3.8, 4) is 0 Å². The SMILES string of the molecule is C=C1C[C@H]2CC[C@@H]1O2. The summed E-state index contributed by atoms with van der Waals surface area (Å²) in [7, 11) is 0. The second-order valence-electron chi connectivity index (χ2n) is 2.69. The summed E-state index contributed by atoms with van der Waals surface area (Å²) >= 11 is 0. The maximum absolute atomic E-state index is 5.48. The van der Waals surface area contributed by atoms with Crippen molar-refractivity contribution in [2.45, 2.75) is 31.5 Å². The second kappa shape index (κ2) is 1.35. The van der Waals surface area contributed by atoms with Gasteiger partial charge in [0.2, 0.25) is 0 Å². The first kappa shape index (κ1) is 4.57. The first-order valence-electron chi connectivity index (χ1n) is 3.19. The Morgan fingerprint density at radius 3 is 2.62 bits per heavy atom. The van der Waals surface area contributed by atoms with Crippen molar-refractivity contribution >= 4 is 0 Å². The van der Waals surface area contributed by atoms with Gasteiger partial charge in [0.25, 0.3) is 0 Å². The largest absolute Gasteiger partial charge is 0.370 e. The van der Waals surface area contributed by atoms with Crippen molar-refractivity contribution in [3.05, 3.63) is 12.2 Å². The molecule has 1 nitrogen and oxygen atoms in total. The van der Waals surface area contributed by atoms with Crippen LogP contribution in [0.5, 0.6) is 0 Å². The number of hydrogen-bond donors (Lipinski definition) is 0. The second-order valence-corrected chi connectivity index (χ2v) is 2.69. The summed E-state index contributed by atoms with van der Waals surface area (Å²) in [6, 6.07) is 0. The normalized spacial score (nSPS) is 43.8. The molecule has 0 spiro atoms. The minimum Gasteiger partial charge on any atom is -0.370 e. The Kier molecular flexibility index (Phi) is 0.770. The summed E-state index contributed by atoms with van der Waals surface area (Å²) in [5.74, 6) is 0. The molecule has 0 amide bonds. The molecule has 0 unspecified atom stereocenters. The Balaban J connectivity index is 2.22. The average Bonchev–Trinajstić information content (AvgIpc) is 2.23. The van der Waals surface area contributed by atoms with Gasteiger partial charge in [-0.2, -0.15) is 0 Å². The molecule has 0 aliphatic carbocycles. The third-order valence-corrected chi connectivity index (χ3v) is 2.05. The van der Waals surface area contributed by atoms with E-state index < -0.39 is 0 Å². The molecule has 44 valence electrons. The molecule has 2 atom stereocenters. The standard InChI is InChI=1S/C7H10O/c1-5-4-6-2-3-7(5)8-6/h6-7H,1-4H2/t6-,7+/m1/s1. The molecule has 2 saturated heterocycles. The first-order chi connectivity index (χ1) is 3.86. The molecule has 1 heteroatoms. The zero-order valence-corrected chi connectivity index (χ0v) is 4.89. The van der Waals surface area contributed by atoms with E-state index in [1.807, 2.05) is 0 Å². The molecule has 8 heavy (non-hydrogen) atoms. The van der Waals surface area contributed by atoms with Gasteiger partial charge in [-0.3, -0.25) is 0 Å². The van der Waals surface area contributed by atoms with E-state index in [-0.39, 0.29) is 0 Å². The molecular formula is C7H10O. The zero-order chi connectivity index (χ0) is 5.56. The molecule has 2 aliphatic heterocycles. The summed E-state index contributed by atoms with van der Waals surface area (Å²) < 4.78 is 5.48. The number of rotatable bonds is 0. The van der Waals surface area contributed by atoms with Gasteiger partial charge in [-0.1, -0.05) is 6.58 Å². The van der Waals surface area contributed by atoms with Crippen LogP contribution in [0.25, 0.3) is 0 Å². The van der Waals surface area contributed by atoms with Gasteiger partial charge in [0.1, 0.15) is 0 Å². The van der Waals surface area contributed by atoms with Gasteiger partial charge in [0.15, 0.2) is 0 Å². The lowest BCUT2D eigenvalue weighted by molar-refractivity contribution is 0.112. The van der Waals surface area contributed by atoms with Gasteiger partial charge in [-0.25, -0.2) is 0 Å². The monoisotopic (exact) mass is 110 g/mol. The molecule has 0 saturated carbocycles. The van der Waals surface area contributed by atoms with E-state index in [0.717, 1.165) is 6.42 Å². The van der Waals surface area contributed by atoms with E-state index in [2.05, 4.69) is 6.58 Å². The van der Waals surface area contributed by atoms with Gasteiger partial charge in [0, 0.05) is 0 Å². The Hall–Kier alpha value is -0.300. The minimum atomic E-state index is 0.444. The summed E-state index contributed by atoms with van der Waals surface area (Å²) in [6.07, 6.45) is 4.62. The van der Waals surface area contributed by atoms with Gasteiger partial charge in [0.05, 0.1) is 12.2 Å². The van der Waals surface area contributed by atoms with Gasteiger partial charge in [-0.05, 0) is 24.8 Å². The van der Waals surface area contributed by atoms with E-state index in [0.29, 0.717) is 12.2 Å². The molecule has 2 rings (SSSR count). The van der Waals surface area contributed by atoms with Crippen molar-refractivity contribution < 1.29 is 4.74 Å². The Labute approximate surface area is 49.3 Å². The number of hydrogen-bond acceptors (Lipinski definition) is 1. The highest BCUT2D eigenvalue weighted by Gasteiger charge is 2.34. The predicted molar refractivity (Wildman–Crippen MR) is 31.7 cm³/mol. The number of fused-ring (bicyclic) bond motifs is 2. The van der Waals surface area contributed by atoms with Crippen LogP contribution in [-0.4, -0.2) is 12.2 Å². The highest BCUT2D eigenvalue weighted by atomic mass is 16.5. The molecule has 0 aromatic rings. The smallest absolute Gasteiger partial charge is 0.0788 e. The molecule has 2 fully saturated rings. The Bertz CT molecular complexity index is 128. The highest BCUT2D eigenvalue weighted by molar-refractivity contribution is 5.13. The van der Waals surface area contributed by atoms with Crippen molar-refractivity contribution in [1.29, 1.82) is 0 Å². The van der Waals surface area contributed by atoms with Gasteiger partial charge < -0.3 is 4.74 Å². The zero-order valence-electron chi connectivity index (χ0n) is 4.89. The van der Waals surface area contributed by atoms with Crippen LogP contribution >= 0.6 is 0 Å². The highest BCUT2D eigenvalue weighted by Crippen LogP contribution is 2.36. The van der Waals surface area contributed by atoms with Crippen LogP contribution in [-0.2, 0) is 4.74 Å². The maximum atomic E-state index is 5.48. The van der Waals surface area contributed by atoms with Crippen LogP contribution in [0.2, 0.25) is 0 Å². The van der Waals surface area contributed by atoms with Crippen LogP contribution in [0.3, 0.4) is 0 Å². The lowest BCUT2D eigenvalue weighted by atomic mass is 9.97. The molecule has 0 aromatic heterocycles. The molecule has 2 aliphatic rings. The van der Waals surface area contributed by atoms with Gasteiger partial charge in [-0.15, -0.1) is 0 Å². The van der Waals surface area contributed by atoms with Crippen molar-refractivity contribution in [1.82, 2.24) is 0 Å². The maximum Gasteiger partial charge on any atom is 0.0788 e. The molecule has 0 N–H and O–H groups in total. The van der Waals surface area contributed by atoms with Crippen LogP contribution in [0, 0.1) is 0 Å². The van der Waals surface area contributed by atoms with Crippen LogP contribution in [0.1, 0.15) is 19.3 Å². The van der Waals surface area contributed by atoms with E-state index in [9.17, 15) is 0 Å². The fraction of sp³-hybridized carbons (Fsp3) is 0.714. The fourth-order valence-electron chi connectivity index (χ4n) is 1.58. The lowest BCUT2D eigenvalue weighted by Gasteiger charge is -2.04. The van der Waals surface area contributed by atoms with Crippen LogP contribution in [0.15, 0.2) is 12.2 Å². The van der Waals surface area contributed by atoms with E-state index in [1.54, 1.807) is 0 Å². The van der Waals surface area contributed by atoms with Crippen LogP contribution < -0.4 is 0 Å². The molecule has 0 radical (unpaired) electrons. The fourth-order valence-corrected chi connectivity index (χ4v) is 1.58. The van der Waals surface area contributed by atoms with E-state index >= 15 is 0 Å². The summed E-state index contributed by atoms with van der Waals surface area (Å²) in [5.41, 5.74) is 1.32.